The molecule has 0 spiro atoms. The highest BCUT2D eigenvalue weighted by molar-refractivity contribution is 5.71. The van der Waals surface area contributed by atoms with Crippen molar-refractivity contribution >= 4 is 11.7 Å². The molecular formula is C29H34N2O9. The average Bonchev–Trinajstić information content (AvgIpc) is 2.98. The third-order valence-corrected chi connectivity index (χ3v) is 7.01. The van der Waals surface area contributed by atoms with E-state index in [4.69, 9.17) is 23.4 Å². The normalized spacial score (nSPS) is 14.4. The van der Waals surface area contributed by atoms with Gasteiger partial charge in [0.2, 0.25) is 16.9 Å². The van der Waals surface area contributed by atoms with E-state index in [1.165, 1.54) is 39.5 Å². The molecule has 0 aliphatic carbocycles. The molecule has 1 fully saturated rings. The number of nitrogens with zero attached hydrogens (tertiary/aromatic N) is 2. The molecule has 0 amide bonds. The molecule has 1 aromatic heterocycles. The second-order valence-electron chi connectivity index (χ2n) is 9.36. The summed E-state index contributed by atoms with van der Waals surface area (Å²) in [6, 6.07) is 12.2. The molecular weight excluding hydrogens is 520 g/mol. The SMILES string of the molecule is COC(=O)C[C@@H](c1cc(OC)c(O)c(OC)c1)c1oc(CN2CCN(c3ccc(OC)cc3)CC2)cc(=O)c1O. The predicted octanol–water partition coefficient (Wildman–Crippen LogP) is 3.09. The lowest BCUT2D eigenvalue weighted by atomic mass is 9.91. The molecule has 214 valence electrons. The predicted molar refractivity (Wildman–Crippen MR) is 147 cm³/mol. The van der Waals surface area contributed by atoms with E-state index in [0.717, 1.165) is 37.6 Å². The molecule has 0 bridgehead atoms. The number of anilines is 1. The summed E-state index contributed by atoms with van der Waals surface area (Å²) < 4.78 is 26.7. The van der Waals surface area contributed by atoms with E-state index in [9.17, 15) is 19.8 Å². The molecule has 2 aromatic carbocycles. The zero-order valence-electron chi connectivity index (χ0n) is 23.0. The smallest absolute Gasteiger partial charge is 0.306 e. The Morgan fingerprint density at radius 3 is 2.08 bits per heavy atom. The molecule has 1 aliphatic heterocycles. The van der Waals surface area contributed by atoms with Crippen molar-refractivity contribution in [2.45, 2.75) is 18.9 Å². The maximum Gasteiger partial charge on any atom is 0.306 e. The Bertz CT molecular complexity index is 1350. The number of ether oxygens (including phenoxy) is 4. The molecule has 1 atom stereocenters. The molecule has 40 heavy (non-hydrogen) atoms. The van der Waals surface area contributed by atoms with Gasteiger partial charge in [0.15, 0.2) is 17.3 Å². The van der Waals surface area contributed by atoms with Gasteiger partial charge in [0, 0.05) is 37.9 Å². The Kier molecular flexibility index (Phi) is 9.05. The van der Waals surface area contributed by atoms with Crippen LogP contribution in [0.25, 0.3) is 0 Å². The molecule has 2 N–H and O–H groups in total. The van der Waals surface area contributed by atoms with Gasteiger partial charge in [0.25, 0.3) is 0 Å². The van der Waals surface area contributed by atoms with Gasteiger partial charge in [0.05, 0.1) is 47.3 Å². The minimum atomic E-state index is -0.921. The fourth-order valence-corrected chi connectivity index (χ4v) is 4.77. The van der Waals surface area contributed by atoms with Crippen molar-refractivity contribution in [1.82, 2.24) is 4.90 Å². The van der Waals surface area contributed by atoms with Crippen LogP contribution in [0, 0.1) is 0 Å². The average molecular weight is 555 g/mol. The van der Waals surface area contributed by atoms with Crippen LogP contribution in [-0.2, 0) is 16.1 Å². The van der Waals surface area contributed by atoms with Gasteiger partial charge in [-0.2, -0.15) is 0 Å². The Morgan fingerprint density at radius 1 is 0.900 bits per heavy atom. The Morgan fingerprint density at radius 2 is 1.52 bits per heavy atom. The minimum Gasteiger partial charge on any atom is -0.502 e. The lowest BCUT2D eigenvalue weighted by molar-refractivity contribution is -0.140. The number of hydrogen-bond donors (Lipinski definition) is 2. The number of methoxy groups -OCH3 is 4. The van der Waals surface area contributed by atoms with Crippen molar-refractivity contribution in [3.05, 3.63) is 69.8 Å². The number of hydrogen-bond acceptors (Lipinski definition) is 11. The van der Waals surface area contributed by atoms with Crippen LogP contribution in [-0.4, -0.2) is 75.7 Å². The lowest BCUT2D eigenvalue weighted by Crippen LogP contribution is -2.46. The number of benzene rings is 2. The topological polar surface area (TPSA) is 131 Å². The van der Waals surface area contributed by atoms with Crippen LogP contribution in [0.5, 0.6) is 28.7 Å². The van der Waals surface area contributed by atoms with Gasteiger partial charge in [-0.05, 0) is 42.0 Å². The minimum absolute atomic E-state index is 0.0837. The molecule has 11 nitrogen and oxygen atoms in total. The lowest BCUT2D eigenvalue weighted by Gasteiger charge is -2.36. The number of phenols is 1. The van der Waals surface area contributed by atoms with Crippen molar-refractivity contribution in [3.63, 3.8) is 0 Å². The van der Waals surface area contributed by atoms with Crippen molar-refractivity contribution < 1.29 is 38.4 Å². The van der Waals surface area contributed by atoms with Crippen LogP contribution in [0.4, 0.5) is 5.69 Å². The molecule has 1 aliphatic rings. The van der Waals surface area contributed by atoms with Crippen molar-refractivity contribution in [3.8, 4) is 28.7 Å². The van der Waals surface area contributed by atoms with Crippen molar-refractivity contribution in [2.24, 2.45) is 0 Å². The fraction of sp³-hybridized carbons (Fsp3) is 0.379. The number of piperazine rings is 1. The Balaban J connectivity index is 1.60. The first kappa shape index (κ1) is 28.6. The first-order valence-corrected chi connectivity index (χ1v) is 12.8. The summed E-state index contributed by atoms with van der Waals surface area (Å²) in [6.07, 6.45) is -0.242. The summed E-state index contributed by atoms with van der Waals surface area (Å²) in [5.41, 5.74) is 0.894. The van der Waals surface area contributed by atoms with Gasteiger partial charge in [0.1, 0.15) is 11.5 Å². The molecule has 0 unspecified atom stereocenters. The van der Waals surface area contributed by atoms with E-state index in [0.29, 0.717) is 17.9 Å². The first-order valence-electron chi connectivity index (χ1n) is 12.8. The summed E-state index contributed by atoms with van der Waals surface area (Å²) in [6.45, 7) is 3.35. The summed E-state index contributed by atoms with van der Waals surface area (Å²) in [7, 11) is 5.63. The monoisotopic (exact) mass is 554 g/mol. The highest BCUT2D eigenvalue weighted by Gasteiger charge is 2.29. The van der Waals surface area contributed by atoms with Crippen LogP contribution in [0.3, 0.4) is 0 Å². The van der Waals surface area contributed by atoms with E-state index in [2.05, 4.69) is 9.80 Å². The van der Waals surface area contributed by atoms with E-state index in [-0.39, 0.29) is 29.4 Å². The number of aromatic hydroxyl groups is 2. The third kappa shape index (κ3) is 6.26. The number of esters is 1. The molecule has 11 heteroatoms. The second kappa shape index (κ2) is 12.6. The quantitative estimate of drug-likeness (QED) is 0.359. The number of carbonyl (C=O) groups is 1. The van der Waals surface area contributed by atoms with Gasteiger partial charge in [-0.3, -0.25) is 14.5 Å². The van der Waals surface area contributed by atoms with Gasteiger partial charge in [-0.15, -0.1) is 0 Å². The van der Waals surface area contributed by atoms with Gasteiger partial charge in [-0.1, -0.05) is 0 Å². The Labute approximate surface area is 232 Å². The van der Waals surface area contributed by atoms with E-state index in [1.54, 1.807) is 7.11 Å². The summed E-state index contributed by atoms with van der Waals surface area (Å²) in [5.74, 6) is -1.08. The molecule has 0 radical (unpaired) electrons. The van der Waals surface area contributed by atoms with Crippen LogP contribution in [0.1, 0.15) is 29.4 Å². The fourth-order valence-electron chi connectivity index (χ4n) is 4.77. The molecule has 2 heterocycles. The first-order chi connectivity index (χ1) is 19.3. The molecule has 3 aromatic rings. The van der Waals surface area contributed by atoms with Gasteiger partial charge < -0.3 is 38.5 Å². The Hall–Kier alpha value is -4.38. The standard InChI is InChI=1S/C29H34N2O9/c1-36-20-7-5-19(6-8-20)31-11-9-30(10-12-31)17-21-15-23(32)27(34)29(40-21)22(16-26(33)39-4)18-13-24(37-2)28(35)25(14-18)38-3/h5-8,13-15,22,34-35H,9-12,16-17H2,1-4H3/t22-/m0/s1. The summed E-state index contributed by atoms with van der Waals surface area (Å²) >= 11 is 0. The van der Waals surface area contributed by atoms with Crippen molar-refractivity contribution in [1.29, 1.82) is 0 Å². The van der Waals surface area contributed by atoms with E-state index < -0.39 is 23.1 Å². The number of carbonyl (C=O) groups excluding carboxylic acids is 1. The maximum atomic E-state index is 12.8. The van der Waals surface area contributed by atoms with E-state index >= 15 is 0 Å². The number of phenolic OH excluding ortho intramolecular Hbond substituents is 1. The third-order valence-electron chi connectivity index (χ3n) is 7.01. The van der Waals surface area contributed by atoms with Crippen LogP contribution >= 0.6 is 0 Å². The van der Waals surface area contributed by atoms with Crippen molar-refractivity contribution in [2.75, 3.05) is 59.5 Å². The van der Waals surface area contributed by atoms with Crippen LogP contribution < -0.4 is 24.5 Å². The van der Waals surface area contributed by atoms with Crippen LogP contribution in [0.2, 0.25) is 0 Å². The zero-order chi connectivity index (χ0) is 28.8. The number of rotatable bonds is 10. The maximum absolute atomic E-state index is 12.8. The second-order valence-corrected chi connectivity index (χ2v) is 9.36. The highest BCUT2D eigenvalue weighted by Crippen LogP contribution is 2.42. The van der Waals surface area contributed by atoms with E-state index in [1.807, 2.05) is 24.3 Å². The largest absolute Gasteiger partial charge is 0.502 e. The van der Waals surface area contributed by atoms with Crippen LogP contribution in [0.15, 0.2) is 51.7 Å². The van der Waals surface area contributed by atoms with Gasteiger partial charge in [-0.25, -0.2) is 0 Å². The molecule has 0 saturated carbocycles. The molecule has 1 saturated heterocycles. The highest BCUT2D eigenvalue weighted by atomic mass is 16.5. The zero-order valence-corrected chi connectivity index (χ0v) is 23.0. The summed E-state index contributed by atoms with van der Waals surface area (Å²) in [4.78, 5) is 29.6. The van der Waals surface area contributed by atoms with Gasteiger partial charge >= 0.3 is 5.97 Å². The molecule has 4 rings (SSSR count). The summed E-state index contributed by atoms with van der Waals surface area (Å²) in [5, 5.41) is 21.1.